The van der Waals surface area contributed by atoms with Crippen LogP contribution in [0.4, 0.5) is 0 Å². The lowest BCUT2D eigenvalue weighted by Crippen LogP contribution is -2.10. The molecule has 1 N–H and O–H groups in total. The minimum absolute atomic E-state index is 0.0889. The first kappa shape index (κ1) is 12.6. The summed E-state index contributed by atoms with van der Waals surface area (Å²) >= 11 is 3.48. The first-order chi connectivity index (χ1) is 8.02. The Morgan fingerprint density at radius 3 is 2.47 bits per heavy atom. The summed E-state index contributed by atoms with van der Waals surface area (Å²) in [5, 5.41) is 10.2. The Morgan fingerprint density at radius 2 is 1.88 bits per heavy atom. The number of carbonyl (C=O) groups excluding carboxylic acids is 1. The largest absolute Gasteiger partial charge is 0.506 e. The highest BCUT2D eigenvalue weighted by molar-refractivity contribution is 9.10. The van der Waals surface area contributed by atoms with E-state index in [0.29, 0.717) is 6.42 Å². The number of Topliss-reactive ketones (excluding diaryl/α,β-unsaturated/α-hetero) is 1. The zero-order valence-electron chi connectivity index (χ0n) is 10.3. The maximum Gasteiger partial charge on any atom is 0.134 e. The molecule has 17 heavy (non-hydrogen) atoms. The molecule has 2 nitrogen and oxygen atoms in total. The highest BCUT2D eigenvalue weighted by Crippen LogP contribution is 2.40. The summed E-state index contributed by atoms with van der Waals surface area (Å²) in [6.45, 7) is 3.58. The molecule has 0 amide bonds. The minimum atomic E-state index is 0.0889. The Balaban J connectivity index is 2.61. The van der Waals surface area contributed by atoms with Gasteiger partial charge in [-0.15, -0.1) is 0 Å². The average molecular weight is 297 g/mol. The number of phenolic OH excluding ortho intramolecular Hbond substituents is 1. The number of halogens is 1. The van der Waals surface area contributed by atoms with Gasteiger partial charge in [0, 0.05) is 12.0 Å². The van der Waals surface area contributed by atoms with Crippen molar-refractivity contribution in [1.29, 1.82) is 0 Å². The summed E-state index contributed by atoms with van der Waals surface area (Å²) in [6.07, 6.45) is 4.78. The van der Waals surface area contributed by atoms with Crippen LogP contribution < -0.4 is 0 Å². The lowest BCUT2D eigenvalue weighted by Gasteiger charge is -2.23. The smallest absolute Gasteiger partial charge is 0.134 e. The molecule has 0 saturated carbocycles. The maximum atomic E-state index is 11.3. The van der Waals surface area contributed by atoms with Crippen molar-refractivity contribution in [3.8, 4) is 5.75 Å². The van der Waals surface area contributed by atoms with Crippen molar-refractivity contribution in [2.45, 2.75) is 46.0 Å². The van der Waals surface area contributed by atoms with Crippen molar-refractivity contribution in [3.05, 3.63) is 26.7 Å². The van der Waals surface area contributed by atoms with E-state index in [2.05, 4.69) is 15.9 Å². The molecule has 1 aromatic carbocycles. The van der Waals surface area contributed by atoms with Crippen LogP contribution in [0.2, 0.25) is 0 Å². The van der Waals surface area contributed by atoms with E-state index in [1.54, 1.807) is 6.92 Å². The highest BCUT2D eigenvalue weighted by atomic mass is 79.9. The molecule has 1 aromatic rings. The maximum absolute atomic E-state index is 11.3. The molecule has 3 heteroatoms. The molecule has 0 aliphatic heterocycles. The summed E-state index contributed by atoms with van der Waals surface area (Å²) in [7, 11) is 0. The number of ketones is 1. The Labute approximate surface area is 110 Å². The quantitative estimate of drug-likeness (QED) is 0.907. The Kier molecular flexibility index (Phi) is 3.57. The predicted molar refractivity (Wildman–Crippen MR) is 71.6 cm³/mol. The number of aromatic hydroxyl groups is 1. The van der Waals surface area contributed by atoms with Crippen molar-refractivity contribution < 1.29 is 9.90 Å². The summed E-state index contributed by atoms with van der Waals surface area (Å²) in [6, 6.07) is 0. The predicted octanol–water partition coefficient (Wildman–Crippen LogP) is 3.47. The van der Waals surface area contributed by atoms with Gasteiger partial charge in [-0.05, 0) is 72.2 Å². The monoisotopic (exact) mass is 296 g/mol. The van der Waals surface area contributed by atoms with Gasteiger partial charge in [-0.3, -0.25) is 4.79 Å². The molecular formula is C14H17BrO2. The highest BCUT2D eigenvalue weighted by Gasteiger charge is 2.22. The molecule has 0 saturated heterocycles. The number of benzene rings is 1. The summed E-state index contributed by atoms with van der Waals surface area (Å²) in [4.78, 5) is 11.3. The molecule has 0 atom stereocenters. The Bertz CT molecular complexity index is 478. The van der Waals surface area contributed by atoms with Crippen LogP contribution in [0.25, 0.3) is 0 Å². The van der Waals surface area contributed by atoms with Gasteiger partial charge < -0.3 is 5.11 Å². The van der Waals surface area contributed by atoms with Gasteiger partial charge in [0.25, 0.3) is 0 Å². The van der Waals surface area contributed by atoms with Gasteiger partial charge in [0.15, 0.2) is 0 Å². The third kappa shape index (κ3) is 2.25. The van der Waals surface area contributed by atoms with E-state index < -0.39 is 0 Å². The molecule has 1 aliphatic carbocycles. The molecule has 0 aromatic heterocycles. The van der Waals surface area contributed by atoms with Crippen molar-refractivity contribution >= 4 is 21.7 Å². The number of hydrogen-bond donors (Lipinski definition) is 1. The third-order valence-corrected chi connectivity index (χ3v) is 4.41. The van der Waals surface area contributed by atoms with Gasteiger partial charge in [0.05, 0.1) is 4.47 Å². The third-order valence-electron chi connectivity index (χ3n) is 3.56. The molecule has 92 valence electrons. The first-order valence-electron chi connectivity index (χ1n) is 6.03. The minimum Gasteiger partial charge on any atom is -0.506 e. The zero-order chi connectivity index (χ0) is 12.6. The Hall–Kier alpha value is -0.830. The lowest BCUT2D eigenvalue weighted by molar-refractivity contribution is -0.116. The lowest BCUT2D eigenvalue weighted by atomic mass is 9.85. The van der Waals surface area contributed by atoms with Crippen molar-refractivity contribution in [2.75, 3.05) is 0 Å². The fourth-order valence-electron chi connectivity index (χ4n) is 2.66. The first-order valence-corrected chi connectivity index (χ1v) is 6.82. The van der Waals surface area contributed by atoms with Crippen LogP contribution in [0.1, 0.15) is 42.0 Å². The van der Waals surface area contributed by atoms with Gasteiger partial charge in [-0.2, -0.15) is 0 Å². The second-order valence-electron chi connectivity index (χ2n) is 4.81. The zero-order valence-corrected chi connectivity index (χ0v) is 11.9. The van der Waals surface area contributed by atoms with Crippen LogP contribution in [-0.2, 0) is 24.1 Å². The summed E-state index contributed by atoms with van der Waals surface area (Å²) in [5.74, 6) is 0.351. The van der Waals surface area contributed by atoms with Gasteiger partial charge in [-0.25, -0.2) is 0 Å². The van der Waals surface area contributed by atoms with E-state index in [1.807, 2.05) is 6.92 Å². The molecule has 0 radical (unpaired) electrons. The fourth-order valence-corrected chi connectivity index (χ4v) is 3.34. The molecule has 1 aliphatic rings. The van der Waals surface area contributed by atoms with E-state index >= 15 is 0 Å². The van der Waals surface area contributed by atoms with Crippen molar-refractivity contribution in [2.24, 2.45) is 0 Å². The van der Waals surface area contributed by atoms with Gasteiger partial charge in [-0.1, -0.05) is 0 Å². The number of phenols is 1. The van der Waals surface area contributed by atoms with Gasteiger partial charge >= 0.3 is 0 Å². The van der Waals surface area contributed by atoms with Crippen LogP contribution in [0.5, 0.6) is 5.75 Å². The molecular weight excluding hydrogens is 280 g/mol. The molecule has 0 unspecified atom stereocenters. The van der Waals surface area contributed by atoms with Crippen molar-refractivity contribution in [3.63, 3.8) is 0 Å². The molecule has 0 heterocycles. The summed E-state index contributed by atoms with van der Waals surface area (Å²) < 4.78 is 0.800. The standard InChI is InChI=1S/C14H17BrO2/c1-8(16)7-12-9(2)10-5-3-4-6-11(10)13(15)14(12)17/h17H,3-7H2,1-2H3. The number of hydrogen-bond acceptors (Lipinski definition) is 2. The van der Waals surface area contributed by atoms with E-state index in [4.69, 9.17) is 0 Å². The normalized spacial score (nSPS) is 14.5. The van der Waals surface area contributed by atoms with E-state index in [-0.39, 0.29) is 11.5 Å². The molecule has 0 bridgehead atoms. The van der Waals surface area contributed by atoms with Gasteiger partial charge in [0.2, 0.25) is 0 Å². The number of rotatable bonds is 2. The molecule has 0 fully saturated rings. The molecule has 2 rings (SSSR count). The van der Waals surface area contributed by atoms with E-state index in [1.165, 1.54) is 24.0 Å². The number of fused-ring (bicyclic) bond motifs is 1. The van der Waals surface area contributed by atoms with Crippen molar-refractivity contribution in [1.82, 2.24) is 0 Å². The Morgan fingerprint density at radius 1 is 1.29 bits per heavy atom. The second kappa shape index (κ2) is 4.81. The van der Waals surface area contributed by atoms with Gasteiger partial charge in [0.1, 0.15) is 11.5 Å². The van der Waals surface area contributed by atoms with Crippen LogP contribution in [0.15, 0.2) is 4.47 Å². The SMILES string of the molecule is CC(=O)Cc1c(C)c2c(c(Br)c1O)CCCC2. The van der Waals surface area contributed by atoms with Crippen LogP contribution in [0.3, 0.4) is 0 Å². The average Bonchev–Trinajstić information content (AvgIpc) is 2.31. The van der Waals surface area contributed by atoms with Crippen LogP contribution in [-0.4, -0.2) is 10.9 Å². The second-order valence-corrected chi connectivity index (χ2v) is 5.60. The fraction of sp³-hybridized carbons (Fsp3) is 0.500. The van der Waals surface area contributed by atoms with E-state index in [9.17, 15) is 9.90 Å². The van der Waals surface area contributed by atoms with Crippen LogP contribution >= 0.6 is 15.9 Å². The summed E-state index contributed by atoms with van der Waals surface area (Å²) in [5.41, 5.74) is 4.47. The van der Waals surface area contributed by atoms with Crippen LogP contribution in [0, 0.1) is 6.92 Å². The number of carbonyl (C=O) groups is 1. The topological polar surface area (TPSA) is 37.3 Å². The van der Waals surface area contributed by atoms with E-state index in [0.717, 1.165) is 28.4 Å². The molecule has 0 spiro atoms.